The van der Waals surface area contributed by atoms with Crippen molar-refractivity contribution < 1.29 is 26.4 Å². The summed E-state index contributed by atoms with van der Waals surface area (Å²) in [7, 11) is -3.36. The van der Waals surface area contributed by atoms with Crippen LogP contribution in [0.25, 0.3) is 5.57 Å². The SMILES string of the molecule is CC(C)C1CCC1.CS(=O)(=O)Nc1ccc(CNC(=O)/C=C2\CCC3CC3c3cc(C(F)(F)F)ccc32)cc1. The standard InChI is InChI=1S/C23H23F3N2O3S.C7H14/c1-32(30,31)28-18-7-2-14(3-8-18)13-27-22(29)11-16-5-4-15-10-20(15)21-12-17(23(24,25)26)6-9-19(16)21;1-6(2)7-4-3-5-7/h2-3,6-9,11-12,15,20,28H,4-5,10,13H2,1H3,(H,27,29);6-7H,3-5H2,1-2H3/b16-11+;. The molecular formula is C30H37F3N2O3S. The first-order valence-corrected chi connectivity index (χ1v) is 15.5. The van der Waals surface area contributed by atoms with Gasteiger partial charge in [0, 0.05) is 18.3 Å². The number of allylic oxidation sites excluding steroid dienone is 1. The van der Waals surface area contributed by atoms with Crippen LogP contribution in [0.3, 0.4) is 0 Å². The zero-order valence-corrected chi connectivity index (χ0v) is 23.5. The molecule has 9 heteroatoms. The third-order valence-corrected chi connectivity index (χ3v) is 8.56. The van der Waals surface area contributed by atoms with Gasteiger partial charge in [0.15, 0.2) is 0 Å². The van der Waals surface area contributed by atoms with Crippen molar-refractivity contribution in [2.75, 3.05) is 11.0 Å². The topological polar surface area (TPSA) is 75.3 Å². The van der Waals surface area contributed by atoms with E-state index < -0.39 is 21.8 Å². The molecule has 2 aromatic rings. The number of hydrogen-bond acceptors (Lipinski definition) is 3. The molecule has 0 spiro atoms. The van der Waals surface area contributed by atoms with Crippen molar-refractivity contribution in [3.8, 4) is 0 Å². The van der Waals surface area contributed by atoms with Crippen LogP contribution in [0.2, 0.25) is 0 Å². The highest BCUT2D eigenvalue weighted by Gasteiger charge is 2.43. The van der Waals surface area contributed by atoms with Gasteiger partial charge in [0.1, 0.15) is 0 Å². The summed E-state index contributed by atoms with van der Waals surface area (Å²) in [5.74, 6) is 2.24. The first-order chi connectivity index (χ1) is 18.3. The molecule has 2 N–H and O–H groups in total. The van der Waals surface area contributed by atoms with Crippen LogP contribution in [0.15, 0.2) is 48.5 Å². The van der Waals surface area contributed by atoms with Gasteiger partial charge in [-0.1, -0.05) is 51.3 Å². The maximum Gasteiger partial charge on any atom is 0.416 e. The van der Waals surface area contributed by atoms with Crippen molar-refractivity contribution in [2.45, 2.75) is 71.0 Å². The van der Waals surface area contributed by atoms with Gasteiger partial charge < -0.3 is 5.32 Å². The number of halogens is 3. The zero-order chi connectivity index (χ0) is 28.4. The van der Waals surface area contributed by atoms with Gasteiger partial charge in [-0.25, -0.2) is 8.42 Å². The third kappa shape index (κ3) is 8.10. The number of carbonyl (C=O) groups excluding carboxylic acids is 1. The van der Waals surface area contributed by atoms with E-state index in [9.17, 15) is 26.4 Å². The summed E-state index contributed by atoms with van der Waals surface area (Å²) >= 11 is 0. The number of sulfonamides is 1. The van der Waals surface area contributed by atoms with E-state index in [1.165, 1.54) is 37.5 Å². The lowest BCUT2D eigenvalue weighted by Gasteiger charge is -2.28. The number of hydrogen-bond donors (Lipinski definition) is 2. The molecule has 0 heterocycles. The van der Waals surface area contributed by atoms with E-state index in [1.807, 2.05) is 0 Å². The maximum atomic E-state index is 13.2. The van der Waals surface area contributed by atoms with Crippen molar-refractivity contribution >= 4 is 27.2 Å². The van der Waals surface area contributed by atoms with Crippen molar-refractivity contribution in [2.24, 2.45) is 17.8 Å². The van der Waals surface area contributed by atoms with Gasteiger partial charge in [-0.3, -0.25) is 9.52 Å². The van der Waals surface area contributed by atoms with E-state index in [4.69, 9.17) is 0 Å². The molecule has 2 unspecified atom stereocenters. The number of benzene rings is 2. The molecule has 2 fully saturated rings. The first kappa shape index (κ1) is 29.2. The monoisotopic (exact) mass is 562 g/mol. The average Bonchev–Trinajstić information content (AvgIpc) is 3.59. The number of nitrogens with one attached hydrogen (secondary N) is 2. The zero-order valence-electron chi connectivity index (χ0n) is 22.6. The van der Waals surface area contributed by atoms with Gasteiger partial charge in [0.2, 0.25) is 15.9 Å². The van der Waals surface area contributed by atoms with E-state index in [-0.39, 0.29) is 18.4 Å². The van der Waals surface area contributed by atoms with Crippen LogP contribution in [-0.2, 0) is 27.5 Å². The Morgan fingerprint density at radius 3 is 2.31 bits per heavy atom. The predicted molar refractivity (Wildman–Crippen MR) is 148 cm³/mol. The summed E-state index contributed by atoms with van der Waals surface area (Å²) in [6.07, 6.45) is 5.05. The van der Waals surface area contributed by atoms with Gasteiger partial charge in [-0.05, 0) is 89.5 Å². The van der Waals surface area contributed by atoms with Crippen LogP contribution in [0.4, 0.5) is 18.9 Å². The van der Waals surface area contributed by atoms with Crippen LogP contribution in [0, 0.1) is 17.8 Å². The largest absolute Gasteiger partial charge is 0.416 e. The Labute approximate surface area is 229 Å². The normalized spacial score (nSPS) is 21.6. The molecule has 0 aromatic heterocycles. The van der Waals surface area contributed by atoms with Crippen LogP contribution < -0.4 is 10.0 Å². The number of amides is 1. The summed E-state index contributed by atoms with van der Waals surface area (Å²) in [6, 6.07) is 10.4. The molecule has 0 aliphatic heterocycles. The second kappa shape index (κ2) is 11.7. The first-order valence-electron chi connectivity index (χ1n) is 13.6. The molecule has 0 saturated heterocycles. The fourth-order valence-electron chi connectivity index (χ4n) is 5.32. The highest BCUT2D eigenvalue weighted by atomic mass is 32.2. The summed E-state index contributed by atoms with van der Waals surface area (Å²) in [5, 5.41) is 2.79. The number of rotatable bonds is 6. The van der Waals surface area contributed by atoms with Gasteiger partial charge in [0.05, 0.1) is 11.8 Å². The highest BCUT2D eigenvalue weighted by molar-refractivity contribution is 7.92. The summed E-state index contributed by atoms with van der Waals surface area (Å²) in [5.41, 5.74) is 2.74. The summed E-state index contributed by atoms with van der Waals surface area (Å²) in [6.45, 7) is 4.89. The smallest absolute Gasteiger partial charge is 0.348 e. The molecule has 0 radical (unpaired) electrons. The number of carbonyl (C=O) groups is 1. The van der Waals surface area contributed by atoms with Crippen molar-refractivity contribution in [1.82, 2.24) is 5.32 Å². The van der Waals surface area contributed by atoms with Gasteiger partial charge in [-0.15, -0.1) is 0 Å². The Morgan fingerprint density at radius 2 is 1.77 bits per heavy atom. The van der Waals surface area contributed by atoms with Crippen LogP contribution in [0.1, 0.15) is 80.5 Å². The molecule has 3 aliphatic carbocycles. The predicted octanol–water partition coefficient (Wildman–Crippen LogP) is 7.12. The molecule has 0 bridgehead atoms. The van der Waals surface area contributed by atoms with Crippen molar-refractivity contribution in [3.05, 3.63) is 70.8 Å². The van der Waals surface area contributed by atoms with E-state index in [2.05, 4.69) is 23.9 Å². The maximum absolute atomic E-state index is 13.2. The molecular weight excluding hydrogens is 525 g/mol. The minimum atomic E-state index is -4.39. The second-order valence-electron chi connectivity index (χ2n) is 11.3. The molecule has 3 aliphatic rings. The van der Waals surface area contributed by atoms with E-state index >= 15 is 0 Å². The minimum absolute atomic E-state index is 0.139. The van der Waals surface area contributed by atoms with E-state index in [0.717, 1.165) is 53.7 Å². The third-order valence-electron chi connectivity index (χ3n) is 7.95. The lowest BCUT2D eigenvalue weighted by atomic mass is 9.78. The lowest BCUT2D eigenvalue weighted by Crippen LogP contribution is -2.21. The van der Waals surface area contributed by atoms with Crippen LogP contribution in [-0.4, -0.2) is 20.6 Å². The number of alkyl halides is 3. The molecule has 1 amide bonds. The Bertz CT molecular complexity index is 1310. The average molecular weight is 563 g/mol. The fourth-order valence-corrected chi connectivity index (χ4v) is 5.89. The highest BCUT2D eigenvalue weighted by Crippen LogP contribution is 2.56. The van der Waals surface area contributed by atoms with E-state index in [0.29, 0.717) is 23.6 Å². The van der Waals surface area contributed by atoms with Crippen molar-refractivity contribution in [3.63, 3.8) is 0 Å². The second-order valence-corrected chi connectivity index (χ2v) is 13.1. The molecule has 5 nitrogen and oxygen atoms in total. The van der Waals surface area contributed by atoms with Gasteiger partial charge >= 0.3 is 6.18 Å². The molecule has 2 saturated carbocycles. The molecule has 39 heavy (non-hydrogen) atoms. The summed E-state index contributed by atoms with van der Waals surface area (Å²) < 4.78 is 64.4. The molecule has 2 aromatic carbocycles. The number of anilines is 1. The minimum Gasteiger partial charge on any atom is -0.348 e. The molecule has 212 valence electrons. The fraction of sp³-hybridized carbons (Fsp3) is 0.500. The Morgan fingerprint density at radius 1 is 1.08 bits per heavy atom. The lowest BCUT2D eigenvalue weighted by molar-refractivity contribution is -0.137. The van der Waals surface area contributed by atoms with Crippen LogP contribution in [0.5, 0.6) is 0 Å². The Hall–Kier alpha value is -2.81. The van der Waals surface area contributed by atoms with Gasteiger partial charge in [-0.2, -0.15) is 13.2 Å². The van der Waals surface area contributed by atoms with Crippen molar-refractivity contribution in [1.29, 1.82) is 0 Å². The van der Waals surface area contributed by atoms with Gasteiger partial charge in [0.25, 0.3) is 0 Å². The molecule has 5 rings (SSSR count). The number of fused-ring (bicyclic) bond motifs is 3. The summed E-state index contributed by atoms with van der Waals surface area (Å²) in [4.78, 5) is 12.5. The Kier molecular flexibility index (Phi) is 8.78. The quantitative estimate of drug-likeness (QED) is 0.368. The Balaban J connectivity index is 0.000000438. The molecule has 2 atom stereocenters. The van der Waals surface area contributed by atoms with Crippen LogP contribution >= 0.6 is 0 Å². The van der Waals surface area contributed by atoms with E-state index in [1.54, 1.807) is 24.3 Å².